The Morgan fingerprint density at radius 2 is 1.85 bits per heavy atom. The molecule has 1 saturated carbocycles. The molecule has 0 bridgehead atoms. The Labute approximate surface area is 156 Å². The molecule has 0 aliphatic heterocycles. The number of Topliss-reactive ketones (excluding diaryl/α,β-unsaturated/α-hetero) is 1. The van der Waals surface area contributed by atoms with E-state index < -0.39 is 5.41 Å². The molecule has 1 aromatic heterocycles. The molecule has 1 fully saturated rings. The van der Waals surface area contributed by atoms with Crippen molar-refractivity contribution in [2.24, 2.45) is 0 Å². The molecule has 1 aliphatic carbocycles. The fourth-order valence-corrected chi connectivity index (χ4v) is 4.18. The normalized spacial score (nSPS) is 16.0. The number of benzene rings is 2. The molecule has 1 N–H and O–H groups in total. The Morgan fingerprint density at radius 1 is 1.12 bits per heavy atom. The first-order valence-electron chi connectivity index (χ1n) is 8.84. The number of aromatic nitrogens is 2. The van der Waals surface area contributed by atoms with Crippen LogP contribution in [0.4, 0.5) is 0 Å². The fourth-order valence-electron chi connectivity index (χ4n) is 4.05. The minimum atomic E-state index is -0.429. The van der Waals surface area contributed by atoms with Gasteiger partial charge in [0.2, 0.25) is 0 Å². The van der Waals surface area contributed by atoms with Gasteiger partial charge < -0.3 is 4.98 Å². The maximum absolute atomic E-state index is 13.3. The lowest BCUT2D eigenvalue weighted by molar-refractivity contribution is -0.123. The first-order chi connectivity index (χ1) is 12.6. The number of nitrogens with one attached hydrogen (secondary N) is 1. The SMILES string of the molecule is O=C(Cc1ccc2c(=O)[nH]cnc2c1)C1(c2ccc(Cl)cc2)CCCC1. The van der Waals surface area contributed by atoms with E-state index in [1.807, 2.05) is 36.4 Å². The number of H-pyrrole nitrogens is 1. The zero-order valence-corrected chi connectivity index (χ0v) is 15.1. The zero-order chi connectivity index (χ0) is 18.1. The maximum Gasteiger partial charge on any atom is 0.258 e. The van der Waals surface area contributed by atoms with Gasteiger partial charge in [0.25, 0.3) is 5.56 Å². The molecule has 0 saturated heterocycles. The summed E-state index contributed by atoms with van der Waals surface area (Å²) in [5.41, 5.74) is 1.97. The van der Waals surface area contributed by atoms with Gasteiger partial charge in [-0.2, -0.15) is 0 Å². The Hall–Kier alpha value is -2.46. The van der Waals surface area contributed by atoms with E-state index in [1.165, 1.54) is 6.33 Å². The summed E-state index contributed by atoms with van der Waals surface area (Å²) >= 11 is 6.02. The second-order valence-electron chi connectivity index (χ2n) is 6.98. The van der Waals surface area contributed by atoms with Crippen molar-refractivity contribution >= 4 is 28.3 Å². The second-order valence-corrected chi connectivity index (χ2v) is 7.42. The summed E-state index contributed by atoms with van der Waals surface area (Å²) < 4.78 is 0. The van der Waals surface area contributed by atoms with Gasteiger partial charge in [0.15, 0.2) is 0 Å². The van der Waals surface area contributed by atoms with Crippen molar-refractivity contribution < 1.29 is 4.79 Å². The van der Waals surface area contributed by atoms with Gasteiger partial charge in [-0.15, -0.1) is 0 Å². The number of rotatable bonds is 4. The molecule has 26 heavy (non-hydrogen) atoms. The van der Waals surface area contributed by atoms with E-state index in [4.69, 9.17) is 11.6 Å². The predicted octanol–water partition coefficient (Wildman–Crippen LogP) is 4.20. The highest BCUT2D eigenvalue weighted by atomic mass is 35.5. The van der Waals surface area contributed by atoms with Gasteiger partial charge in [-0.3, -0.25) is 9.59 Å². The van der Waals surface area contributed by atoms with E-state index in [9.17, 15) is 9.59 Å². The molecule has 1 aliphatic rings. The van der Waals surface area contributed by atoms with Crippen molar-refractivity contribution in [1.82, 2.24) is 9.97 Å². The van der Waals surface area contributed by atoms with E-state index in [0.29, 0.717) is 22.3 Å². The van der Waals surface area contributed by atoms with Crippen LogP contribution < -0.4 is 5.56 Å². The third-order valence-electron chi connectivity index (χ3n) is 5.46. The molecule has 0 atom stereocenters. The van der Waals surface area contributed by atoms with Crippen LogP contribution in [-0.2, 0) is 16.6 Å². The highest BCUT2D eigenvalue weighted by Crippen LogP contribution is 2.43. The van der Waals surface area contributed by atoms with Crippen molar-refractivity contribution in [3.63, 3.8) is 0 Å². The second kappa shape index (κ2) is 6.69. The number of carbonyl (C=O) groups is 1. The lowest BCUT2D eigenvalue weighted by Gasteiger charge is -2.28. The molecule has 132 valence electrons. The average molecular weight is 367 g/mol. The molecule has 0 unspecified atom stereocenters. The Kier molecular flexibility index (Phi) is 4.37. The number of fused-ring (bicyclic) bond motifs is 1. The molecule has 1 heterocycles. The van der Waals surface area contributed by atoms with Crippen molar-refractivity contribution in [3.8, 4) is 0 Å². The molecule has 0 spiro atoms. The maximum atomic E-state index is 13.3. The molecule has 3 aromatic rings. The Balaban J connectivity index is 1.67. The number of ketones is 1. The molecular formula is C21H19ClN2O2. The monoisotopic (exact) mass is 366 g/mol. The van der Waals surface area contributed by atoms with Gasteiger partial charge in [0, 0.05) is 11.4 Å². The number of hydrogen-bond donors (Lipinski definition) is 1. The van der Waals surface area contributed by atoms with E-state index in [1.54, 1.807) is 6.07 Å². The zero-order valence-electron chi connectivity index (χ0n) is 14.3. The summed E-state index contributed by atoms with van der Waals surface area (Å²) in [6, 6.07) is 13.1. The number of nitrogens with zero attached hydrogens (tertiary/aromatic N) is 1. The summed E-state index contributed by atoms with van der Waals surface area (Å²) in [6.45, 7) is 0. The van der Waals surface area contributed by atoms with Crippen molar-refractivity contribution in [2.45, 2.75) is 37.5 Å². The van der Waals surface area contributed by atoms with Crippen LogP contribution in [-0.4, -0.2) is 15.8 Å². The van der Waals surface area contributed by atoms with Gasteiger partial charge in [-0.1, -0.05) is 42.6 Å². The van der Waals surface area contributed by atoms with Crippen LogP contribution in [0, 0.1) is 0 Å². The van der Waals surface area contributed by atoms with Crippen molar-refractivity contribution in [3.05, 3.63) is 75.3 Å². The lowest BCUT2D eigenvalue weighted by atomic mass is 9.73. The topological polar surface area (TPSA) is 62.8 Å². The van der Waals surface area contributed by atoms with Crippen LogP contribution >= 0.6 is 11.6 Å². The van der Waals surface area contributed by atoms with Crippen LogP contribution in [0.5, 0.6) is 0 Å². The van der Waals surface area contributed by atoms with E-state index in [0.717, 1.165) is 36.8 Å². The van der Waals surface area contributed by atoms with E-state index in [-0.39, 0.29) is 11.3 Å². The summed E-state index contributed by atoms with van der Waals surface area (Å²) in [5, 5.41) is 1.22. The Morgan fingerprint density at radius 3 is 2.58 bits per heavy atom. The highest BCUT2D eigenvalue weighted by molar-refractivity contribution is 6.30. The van der Waals surface area contributed by atoms with Gasteiger partial charge in [0.1, 0.15) is 5.78 Å². The van der Waals surface area contributed by atoms with Crippen molar-refractivity contribution in [2.75, 3.05) is 0 Å². The number of halogens is 1. The highest BCUT2D eigenvalue weighted by Gasteiger charge is 2.41. The largest absolute Gasteiger partial charge is 0.313 e. The average Bonchev–Trinajstić information content (AvgIpc) is 3.13. The molecule has 4 rings (SSSR count). The lowest BCUT2D eigenvalue weighted by Crippen LogP contribution is -2.34. The third-order valence-corrected chi connectivity index (χ3v) is 5.71. The molecule has 5 heteroatoms. The van der Waals surface area contributed by atoms with E-state index in [2.05, 4.69) is 9.97 Å². The van der Waals surface area contributed by atoms with Crippen molar-refractivity contribution in [1.29, 1.82) is 0 Å². The molecular weight excluding hydrogens is 348 g/mol. The van der Waals surface area contributed by atoms with Crippen LogP contribution in [0.15, 0.2) is 53.6 Å². The summed E-state index contributed by atoms with van der Waals surface area (Å²) in [6.07, 6.45) is 5.60. The standard InChI is InChI=1S/C21H19ClN2O2/c22-16-6-4-15(5-7-16)21(9-1-2-10-21)19(25)12-14-3-8-17-18(11-14)23-13-24-20(17)26/h3-8,11,13H,1-2,9-10,12H2,(H,23,24,26). The van der Waals surface area contributed by atoms with Crippen LogP contribution in [0.2, 0.25) is 5.02 Å². The minimum absolute atomic E-state index is 0.165. The number of carbonyl (C=O) groups excluding carboxylic acids is 1. The number of aromatic amines is 1. The third kappa shape index (κ3) is 2.95. The van der Waals surface area contributed by atoms with Gasteiger partial charge in [-0.05, 0) is 48.2 Å². The first-order valence-corrected chi connectivity index (χ1v) is 9.22. The van der Waals surface area contributed by atoms with Gasteiger partial charge >= 0.3 is 0 Å². The molecule has 4 nitrogen and oxygen atoms in total. The van der Waals surface area contributed by atoms with Crippen LogP contribution in [0.1, 0.15) is 36.8 Å². The van der Waals surface area contributed by atoms with Gasteiger partial charge in [0.05, 0.1) is 22.6 Å². The molecule has 2 aromatic carbocycles. The summed E-state index contributed by atoms with van der Waals surface area (Å²) in [4.78, 5) is 31.9. The van der Waals surface area contributed by atoms with E-state index >= 15 is 0 Å². The summed E-state index contributed by atoms with van der Waals surface area (Å²) in [5.74, 6) is 0.224. The first kappa shape index (κ1) is 17.0. The smallest absolute Gasteiger partial charge is 0.258 e. The van der Waals surface area contributed by atoms with Gasteiger partial charge in [-0.25, -0.2) is 4.98 Å². The fraction of sp³-hybridized carbons (Fsp3) is 0.286. The minimum Gasteiger partial charge on any atom is -0.313 e. The van der Waals surface area contributed by atoms with Crippen LogP contribution in [0.25, 0.3) is 10.9 Å². The Bertz CT molecular complexity index is 1020. The summed E-state index contributed by atoms with van der Waals surface area (Å²) in [7, 11) is 0. The molecule has 0 radical (unpaired) electrons. The molecule has 0 amide bonds. The number of hydrogen-bond acceptors (Lipinski definition) is 3. The quantitative estimate of drug-likeness (QED) is 0.752. The predicted molar refractivity (Wildman–Crippen MR) is 103 cm³/mol. The van der Waals surface area contributed by atoms with Crippen LogP contribution in [0.3, 0.4) is 0 Å².